The summed E-state index contributed by atoms with van der Waals surface area (Å²) in [4.78, 5) is 13.2. The predicted octanol–water partition coefficient (Wildman–Crippen LogP) is 4.33. The summed E-state index contributed by atoms with van der Waals surface area (Å²) in [6.45, 7) is 0. The van der Waals surface area contributed by atoms with Gasteiger partial charge in [0.1, 0.15) is 4.88 Å². The van der Waals surface area contributed by atoms with Crippen molar-refractivity contribution in [3.05, 3.63) is 29.1 Å². The topological polar surface area (TPSA) is 55.1 Å². The van der Waals surface area contributed by atoms with E-state index in [2.05, 4.69) is 5.32 Å². The average molecular weight is 302 g/mol. The van der Waals surface area contributed by atoms with Crippen molar-refractivity contribution in [2.24, 2.45) is 0 Å². The summed E-state index contributed by atoms with van der Waals surface area (Å²) in [7, 11) is 0. The monoisotopic (exact) mass is 302 g/mol. The van der Waals surface area contributed by atoms with E-state index in [-0.39, 0.29) is 5.91 Å². The van der Waals surface area contributed by atoms with Crippen LogP contribution in [0.4, 0.5) is 5.69 Å². The molecule has 1 aromatic carbocycles. The standard InChI is InChI=1S/C17H22N2OS/c18-15-13-10-6-7-11-14(13)21-16(15)17(20)19-12-8-4-2-1-3-5-9-12/h6-7,10-12H,1-5,8-9,18H2,(H,19,20). The first-order chi connectivity index (χ1) is 10.3. The largest absolute Gasteiger partial charge is 0.397 e. The summed E-state index contributed by atoms with van der Waals surface area (Å²) in [5.41, 5.74) is 6.77. The van der Waals surface area contributed by atoms with Crippen LogP contribution in [0.3, 0.4) is 0 Å². The van der Waals surface area contributed by atoms with Gasteiger partial charge in [0, 0.05) is 16.1 Å². The number of nitrogens with two attached hydrogens (primary N) is 1. The Bertz CT molecular complexity index is 627. The molecule has 0 atom stereocenters. The summed E-state index contributed by atoms with van der Waals surface area (Å²) in [5, 5.41) is 4.19. The molecule has 112 valence electrons. The predicted molar refractivity (Wildman–Crippen MR) is 89.8 cm³/mol. The molecular formula is C17H22N2OS. The van der Waals surface area contributed by atoms with Gasteiger partial charge in [0.2, 0.25) is 0 Å². The van der Waals surface area contributed by atoms with Crippen LogP contribution in [-0.2, 0) is 0 Å². The molecule has 0 radical (unpaired) electrons. The molecule has 1 amide bonds. The molecule has 0 unspecified atom stereocenters. The van der Waals surface area contributed by atoms with E-state index >= 15 is 0 Å². The molecule has 3 nitrogen and oxygen atoms in total. The molecule has 1 aliphatic carbocycles. The number of benzene rings is 1. The first kappa shape index (κ1) is 14.4. The van der Waals surface area contributed by atoms with Crippen molar-refractivity contribution >= 4 is 33.0 Å². The summed E-state index contributed by atoms with van der Waals surface area (Å²) < 4.78 is 1.08. The van der Waals surface area contributed by atoms with Crippen molar-refractivity contribution in [1.82, 2.24) is 5.32 Å². The highest BCUT2D eigenvalue weighted by atomic mass is 32.1. The van der Waals surface area contributed by atoms with Gasteiger partial charge in [-0.25, -0.2) is 0 Å². The zero-order valence-corrected chi connectivity index (χ0v) is 13.0. The van der Waals surface area contributed by atoms with Crippen LogP contribution in [0, 0.1) is 0 Å². The molecule has 0 spiro atoms. The maximum absolute atomic E-state index is 12.5. The third-order valence-electron chi connectivity index (χ3n) is 4.28. The van der Waals surface area contributed by atoms with Gasteiger partial charge < -0.3 is 11.1 Å². The van der Waals surface area contributed by atoms with E-state index in [1.165, 1.54) is 43.4 Å². The van der Waals surface area contributed by atoms with Crippen LogP contribution in [0.2, 0.25) is 0 Å². The number of amides is 1. The van der Waals surface area contributed by atoms with Gasteiger partial charge in [0.25, 0.3) is 5.91 Å². The highest BCUT2D eigenvalue weighted by Gasteiger charge is 2.19. The Labute approximate surface area is 129 Å². The second kappa shape index (κ2) is 6.48. The third kappa shape index (κ3) is 3.21. The van der Waals surface area contributed by atoms with Crippen molar-refractivity contribution < 1.29 is 4.79 Å². The summed E-state index contributed by atoms with van der Waals surface area (Å²) >= 11 is 1.49. The SMILES string of the molecule is Nc1c(C(=O)NC2CCCCCCC2)sc2ccccc12. The van der Waals surface area contributed by atoms with Crippen molar-refractivity contribution in [3.63, 3.8) is 0 Å². The van der Waals surface area contributed by atoms with Crippen LogP contribution in [-0.4, -0.2) is 11.9 Å². The van der Waals surface area contributed by atoms with E-state index in [0.29, 0.717) is 16.6 Å². The van der Waals surface area contributed by atoms with Crippen molar-refractivity contribution in [2.45, 2.75) is 51.0 Å². The number of nitrogens with one attached hydrogen (secondary N) is 1. The van der Waals surface area contributed by atoms with Crippen LogP contribution in [0.25, 0.3) is 10.1 Å². The normalized spacial score (nSPS) is 17.3. The number of carbonyl (C=O) groups is 1. The molecule has 1 aliphatic rings. The lowest BCUT2D eigenvalue weighted by Crippen LogP contribution is -2.35. The van der Waals surface area contributed by atoms with Gasteiger partial charge in [0.05, 0.1) is 5.69 Å². The van der Waals surface area contributed by atoms with E-state index in [1.54, 1.807) is 0 Å². The lowest BCUT2D eigenvalue weighted by atomic mass is 9.96. The highest BCUT2D eigenvalue weighted by Crippen LogP contribution is 2.33. The van der Waals surface area contributed by atoms with Crippen LogP contribution in [0.5, 0.6) is 0 Å². The second-order valence-electron chi connectivity index (χ2n) is 5.86. The van der Waals surface area contributed by atoms with Gasteiger partial charge in [-0.1, -0.05) is 50.3 Å². The molecule has 3 rings (SSSR count). The van der Waals surface area contributed by atoms with E-state index in [0.717, 1.165) is 22.9 Å². The van der Waals surface area contributed by atoms with Crippen LogP contribution in [0.15, 0.2) is 24.3 Å². The Morgan fingerprint density at radius 3 is 2.48 bits per heavy atom. The molecule has 1 fully saturated rings. The van der Waals surface area contributed by atoms with Crippen LogP contribution in [0.1, 0.15) is 54.6 Å². The Balaban J connectivity index is 1.75. The quantitative estimate of drug-likeness (QED) is 0.867. The van der Waals surface area contributed by atoms with Crippen molar-refractivity contribution in [2.75, 3.05) is 5.73 Å². The molecule has 2 aromatic rings. The molecule has 4 heteroatoms. The summed E-state index contributed by atoms with van der Waals surface area (Å²) in [6.07, 6.45) is 8.53. The molecule has 3 N–H and O–H groups in total. The van der Waals surface area contributed by atoms with Gasteiger partial charge >= 0.3 is 0 Å². The Morgan fingerprint density at radius 1 is 1.10 bits per heavy atom. The second-order valence-corrected chi connectivity index (χ2v) is 6.91. The zero-order valence-electron chi connectivity index (χ0n) is 12.2. The summed E-state index contributed by atoms with van der Waals surface area (Å²) in [6, 6.07) is 8.25. The van der Waals surface area contributed by atoms with Crippen LogP contribution < -0.4 is 11.1 Å². The number of rotatable bonds is 2. The number of hydrogen-bond acceptors (Lipinski definition) is 3. The minimum absolute atomic E-state index is 0.000673. The lowest BCUT2D eigenvalue weighted by molar-refractivity contribution is 0.0935. The van der Waals surface area contributed by atoms with Gasteiger partial charge in [-0.15, -0.1) is 11.3 Å². The number of nitrogen functional groups attached to an aromatic ring is 1. The van der Waals surface area contributed by atoms with E-state index in [9.17, 15) is 4.79 Å². The molecule has 1 aromatic heterocycles. The molecule has 0 aliphatic heterocycles. The third-order valence-corrected chi connectivity index (χ3v) is 5.47. The van der Waals surface area contributed by atoms with Crippen molar-refractivity contribution in [3.8, 4) is 0 Å². The maximum Gasteiger partial charge on any atom is 0.263 e. The van der Waals surface area contributed by atoms with E-state index in [1.807, 2.05) is 24.3 Å². The number of anilines is 1. The van der Waals surface area contributed by atoms with Gasteiger partial charge in [-0.2, -0.15) is 0 Å². The Hall–Kier alpha value is -1.55. The van der Waals surface area contributed by atoms with Crippen molar-refractivity contribution in [1.29, 1.82) is 0 Å². The minimum Gasteiger partial charge on any atom is -0.397 e. The lowest BCUT2D eigenvalue weighted by Gasteiger charge is -2.20. The molecule has 0 saturated heterocycles. The molecule has 21 heavy (non-hydrogen) atoms. The molecular weight excluding hydrogens is 280 g/mol. The number of hydrogen-bond donors (Lipinski definition) is 2. The first-order valence-corrected chi connectivity index (χ1v) is 8.65. The first-order valence-electron chi connectivity index (χ1n) is 7.83. The fourth-order valence-corrected chi connectivity index (χ4v) is 4.11. The fourth-order valence-electron chi connectivity index (χ4n) is 3.09. The van der Waals surface area contributed by atoms with Crippen LogP contribution >= 0.6 is 11.3 Å². The molecule has 1 saturated carbocycles. The number of thiophene rings is 1. The highest BCUT2D eigenvalue weighted by molar-refractivity contribution is 7.21. The minimum atomic E-state index is -0.000673. The summed E-state index contributed by atoms with van der Waals surface area (Å²) in [5.74, 6) is -0.000673. The number of carbonyl (C=O) groups excluding carboxylic acids is 1. The average Bonchev–Trinajstić information content (AvgIpc) is 2.79. The number of fused-ring (bicyclic) bond motifs is 1. The fraction of sp³-hybridized carbons (Fsp3) is 0.471. The van der Waals surface area contributed by atoms with E-state index in [4.69, 9.17) is 5.73 Å². The Morgan fingerprint density at radius 2 is 1.76 bits per heavy atom. The molecule has 1 heterocycles. The van der Waals surface area contributed by atoms with Gasteiger partial charge in [-0.3, -0.25) is 4.79 Å². The Kier molecular flexibility index (Phi) is 4.44. The maximum atomic E-state index is 12.5. The zero-order chi connectivity index (χ0) is 14.7. The van der Waals surface area contributed by atoms with Gasteiger partial charge in [-0.05, 0) is 18.9 Å². The molecule has 0 bridgehead atoms. The van der Waals surface area contributed by atoms with E-state index < -0.39 is 0 Å². The van der Waals surface area contributed by atoms with Gasteiger partial charge in [0.15, 0.2) is 0 Å². The smallest absolute Gasteiger partial charge is 0.263 e.